The van der Waals surface area contributed by atoms with E-state index >= 15 is 0 Å². The summed E-state index contributed by atoms with van der Waals surface area (Å²) < 4.78 is 14.6. The average Bonchev–Trinajstić information content (AvgIpc) is 3.05. The van der Waals surface area contributed by atoms with E-state index in [1.54, 1.807) is 0 Å². The molecule has 0 amide bonds. The van der Waals surface area contributed by atoms with Crippen molar-refractivity contribution in [2.24, 2.45) is 0 Å². The molecule has 0 aliphatic carbocycles. The van der Waals surface area contributed by atoms with Gasteiger partial charge in [0.05, 0.1) is 11.2 Å². The van der Waals surface area contributed by atoms with Crippen LogP contribution in [0.15, 0.2) is 144 Å². The van der Waals surface area contributed by atoms with Gasteiger partial charge in [-0.2, -0.15) is 0 Å². The molecule has 1 heterocycles. The summed E-state index contributed by atoms with van der Waals surface area (Å²) in [6.07, 6.45) is 0. The molecule has 1 nitrogen and oxygen atoms in total. The number of aromatic nitrogens is 1. The quantitative estimate of drug-likeness (QED) is 0.183. The molecule has 8 rings (SSSR count). The molecule has 0 fully saturated rings. The van der Waals surface area contributed by atoms with Gasteiger partial charge in [0, 0.05) is 26.2 Å². The van der Waals surface area contributed by atoms with Crippen molar-refractivity contribution in [3.8, 4) is 33.5 Å². The van der Waals surface area contributed by atoms with Gasteiger partial charge in [-0.05, 0) is 74.1 Å². The second-order valence-electron chi connectivity index (χ2n) is 10.6. The van der Waals surface area contributed by atoms with E-state index in [4.69, 9.17) is 4.98 Å². The molecule has 0 aliphatic heterocycles. The zero-order valence-electron chi connectivity index (χ0n) is 22.5. The highest BCUT2D eigenvalue weighted by Gasteiger charge is 2.18. The topological polar surface area (TPSA) is 12.9 Å². The molecule has 0 saturated heterocycles. The Morgan fingerprint density at radius 1 is 0.429 bits per heavy atom. The van der Waals surface area contributed by atoms with Crippen molar-refractivity contribution in [3.05, 3.63) is 150 Å². The molecule has 42 heavy (non-hydrogen) atoms. The van der Waals surface area contributed by atoms with Crippen molar-refractivity contribution < 1.29 is 4.39 Å². The van der Waals surface area contributed by atoms with Crippen molar-refractivity contribution in [2.45, 2.75) is 0 Å². The van der Waals surface area contributed by atoms with Crippen LogP contribution in [0.4, 0.5) is 4.39 Å². The first kappa shape index (κ1) is 24.9. The molecule has 0 bridgehead atoms. The average molecular weight is 605 g/mol. The SMILES string of the molecule is Fc1ccc(-c2ccc(-c3nc4cc(-c5ccc(Br)cc5)ccc4c4c5ccccc5c5ccccc5c34)cc2)cc1. The molecule has 7 aromatic carbocycles. The Morgan fingerprint density at radius 2 is 0.905 bits per heavy atom. The number of hydrogen-bond donors (Lipinski definition) is 0. The lowest BCUT2D eigenvalue weighted by molar-refractivity contribution is 0.628. The van der Waals surface area contributed by atoms with Crippen LogP contribution in [0.1, 0.15) is 0 Å². The summed E-state index contributed by atoms with van der Waals surface area (Å²) in [5.41, 5.74) is 7.26. The van der Waals surface area contributed by atoms with Crippen LogP contribution in [0, 0.1) is 5.82 Å². The van der Waals surface area contributed by atoms with E-state index in [2.05, 4.69) is 131 Å². The molecule has 0 unspecified atom stereocenters. The fraction of sp³-hybridized carbons (Fsp3) is 0. The van der Waals surface area contributed by atoms with E-state index in [0.29, 0.717) is 0 Å². The van der Waals surface area contributed by atoms with Crippen LogP contribution in [-0.4, -0.2) is 4.98 Å². The minimum Gasteiger partial charge on any atom is -0.247 e. The van der Waals surface area contributed by atoms with Gasteiger partial charge in [-0.25, -0.2) is 9.37 Å². The Morgan fingerprint density at radius 3 is 1.55 bits per heavy atom. The maximum atomic E-state index is 13.5. The molecule has 0 N–H and O–H groups in total. The van der Waals surface area contributed by atoms with E-state index in [9.17, 15) is 4.39 Å². The molecule has 0 saturated carbocycles. The van der Waals surface area contributed by atoms with Crippen LogP contribution < -0.4 is 0 Å². The molecule has 198 valence electrons. The van der Waals surface area contributed by atoms with Gasteiger partial charge in [-0.1, -0.05) is 125 Å². The lowest BCUT2D eigenvalue weighted by Crippen LogP contribution is -1.93. The monoisotopic (exact) mass is 603 g/mol. The maximum Gasteiger partial charge on any atom is 0.123 e. The summed E-state index contributed by atoms with van der Waals surface area (Å²) in [4.78, 5) is 5.39. The molecule has 3 heteroatoms. The Balaban J connectivity index is 1.46. The van der Waals surface area contributed by atoms with Crippen molar-refractivity contribution in [3.63, 3.8) is 0 Å². The first-order valence-corrected chi connectivity index (χ1v) is 14.7. The highest BCUT2D eigenvalue weighted by atomic mass is 79.9. The minimum absolute atomic E-state index is 0.233. The smallest absolute Gasteiger partial charge is 0.123 e. The minimum atomic E-state index is -0.233. The molecule has 0 radical (unpaired) electrons. The number of nitrogens with zero attached hydrogens (tertiary/aromatic N) is 1. The molecular formula is C39H23BrFN. The van der Waals surface area contributed by atoms with Gasteiger partial charge in [0.1, 0.15) is 5.82 Å². The van der Waals surface area contributed by atoms with Crippen LogP contribution in [0.25, 0.3) is 76.7 Å². The normalized spacial score (nSPS) is 11.6. The lowest BCUT2D eigenvalue weighted by Gasteiger charge is -2.17. The number of benzene rings is 7. The number of pyridine rings is 1. The Kier molecular flexibility index (Phi) is 5.87. The van der Waals surface area contributed by atoms with Gasteiger partial charge in [0.25, 0.3) is 0 Å². The van der Waals surface area contributed by atoms with E-state index < -0.39 is 0 Å². The maximum absolute atomic E-state index is 13.5. The third-order valence-electron chi connectivity index (χ3n) is 8.18. The van der Waals surface area contributed by atoms with Crippen LogP contribution in [0.2, 0.25) is 0 Å². The molecule has 0 aliphatic rings. The number of rotatable bonds is 3. The summed E-state index contributed by atoms with van der Waals surface area (Å²) in [6, 6.07) is 47.5. The largest absolute Gasteiger partial charge is 0.247 e. The Hall–Kier alpha value is -4.86. The summed E-state index contributed by atoms with van der Waals surface area (Å²) in [6.45, 7) is 0. The fourth-order valence-electron chi connectivity index (χ4n) is 6.17. The van der Waals surface area contributed by atoms with Crippen LogP contribution in [0.5, 0.6) is 0 Å². The second kappa shape index (κ2) is 9.90. The van der Waals surface area contributed by atoms with Gasteiger partial charge in [0.15, 0.2) is 0 Å². The van der Waals surface area contributed by atoms with E-state index in [-0.39, 0.29) is 5.82 Å². The van der Waals surface area contributed by atoms with Gasteiger partial charge < -0.3 is 0 Å². The lowest BCUT2D eigenvalue weighted by atomic mass is 9.89. The third kappa shape index (κ3) is 4.08. The predicted octanol–water partition coefficient (Wildman–Crippen LogP) is 11.6. The van der Waals surface area contributed by atoms with E-state index in [0.717, 1.165) is 54.3 Å². The van der Waals surface area contributed by atoms with E-state index in [1.165, 1.54) is 39.1 Å². The number of hydrogen-bond acceptors (Lipinski definition) is 1. The third-order valence-corrected chi connectivity index (χ3v) is 8.71. The highest BCUT2D eigenvalue weighted by molar-refractivity contribution is 9.10. The van der Waals surface area contributed by atoms with Crippen molar-refractivity contribution in [2.75, 3.05) is 0 Å². The van der Waals surface area contributed by atoms with E-state index in [1.807, 2.05) is 12.1 Å². The first-order chi connectivity index (χ1) is 20.6. The van der Waals surface area contributed by atoms with Crippen molar-refractivity contribution in [1.29, 1.82) is 0 Å². The van der Waals surface area contributed by atoms with Crippen LogP contribution in [-0.2, 0) is 0 Å². The Labute approximate surface area is 251 Å². The van der Waals surface area contributed by atoms with Gasteiger partial charge in [-0.15, -0.1) is 0 Å². The fourth-order valence-corrected chi connectivity index (χ4v) is 6.44. The summed E-state index contributed by atoms with van der Waals surface area (Å²) in [7, 11) is 0. The summed E-state index contributed by atoms with van der Waals surface area (Å²) in [5.74, 6) is -0.233. The van der Waals surface area contributed by atoms with Gasteiger partial charge in [-0.3, -0.25) is 0 Å². The molecule has 0 atom stereocenters. The zero-order chi connectivity index (χ0) is 28.2. The van der Waals surface area contributed by atoms with Crippen molar-refractivity contribution in [1.82, 2.24) is 4.98 Å². The van der Waals surface area contributed by atoms with Crippen molar-refractivity contribution >= 4 is 59.2 Å². The molecule has 8 aromatic rings. The predicted molar refractivity (Wildman–Crippen MR) is 178 cm³/mol. The number of halogens is 2. The Bertz CT molecular complexity index is 2290. The molecule has 1 aromatic heterocycles. The summed E-state index contributed by atoms with van der Waals surface area (Å²) >= 11 is 3.56. The second-order valence-corrected chi connectivity index (χ2v) is 11.5. The molecule has 0 spiro atoms. The highest BCUT2D eigenvalue weighted by Crippen LogP contribution is 2.43. The van der Waals surface area contributed by atoms with Crippen LogP contribution in [0.3, 0.4) is 0 Å². The first-order valence-electron chi connectivity index (χ1n) is 13.9. The van der Waals surface area contributed by atoms with Crippen LogP contribution >= 0.6 is 15.9 Å². The number of fused-ring (bicyclic) bond motifs is 8. The standard InChI is InChI=1S/C39H23BrFN/c40-29-18-13-26(14-19-29)28-17-22-35-36(23-28)42-39(27-11-9-24(10-12-27)25-15-20-30(41)21-16-25)38-34-8-4-2-6-32(34)31-5-1-3-7-33(31)37(35)38/h1-23H. The zero-order valence-corrected chi connectivity index (χ0v) is 24.1. The molecular weight excluding hydrogens is 581 g/mol. The van der Waals surface area contributed by atoms with Gasteiger partial charge >= 0.3 is 0 Å². The summed E-state index contributed by atoms with van der Waals surface area (Å²) in [5, 5.41) is 8.38. The van der Waals surface area contributed by atoms with Gasteiger partial charge in [0.2, 0.25) is 0 Å².